The van der Waals surface area contributed by atoms with E-state index in [1.165, 1.54) is 6.08 Å². The van der Waals surface area contributed by atoms with Crippen LogP contribution < -0.4 is 17.0 Å². The average molecular weight is 404 g/mol. The number of hydrogen-bond acceptors (Lipinski definition) is 8. The van der Waals surface area contributed by atoms with Crippen molar-refractivity contribution >= 4 is 23.6 Å². The summed E-state index contributed by atoms with van der Waals surface area (Å²) in [4.78, 5) is 37.6. The first-order valence-electron chi connectivity index (χ1n) is 8.23. The number of ether oxygens (including phenoxy) is 2. The molecule has 5 atom stereocenters. The van der Waals surface area contributed by atoms with Crippen LogP contribution in [-0.4, -0.2) is 56.7 Å². The largest absolute Gasteiger partial charge is 0.462 e. The maximum atomic E-state index is 12.0. The van der Waals surface area contributed by atoms with E-state index in [2.05, 4.69) is 4.98 Å². The van der Waals surface area contributed by atoms with Gasteiger partial charge in [-0.15, -0.1) is 0 Å². The minimum atomic E-state index is -1.50. The predicted molar refractivity (Wildman–Crippen MR) is 95.9 cm³/mol. The van der Waals surface area contributed by atoms with E-state index < -0.39 is 47.8 Å². The van der Waals surface area contributed by atoms with Crippen LogP contribution in [0.2, 0.25) is 0 Å². The molecule has 0 aromatic carbocycles. The molecule has 27 heavy (non-hydrogen) atoms. The van der Waals surface area contributed by atoms with Gasteiger partial charge in [0.15, 0.2) is 6.23 Å². The van der Waals surface area contributed by atoms with Crippen molar-refractivity contribution in [1.82, 2.24) is 9.55 Å². The lowest BCUT2D eigenvalue weighted by Crippen LogP contribution is -2.40. The highest BCUT2D eigenvalue weighted by Gasteiger charge is 2.45. The highest BCUT2D eigenvalue weighted by molar-refractivity contribution is 6.27. The number of esters is 1. The molecule has 1 saturated heterocycles. The molecule has 5 N–H and O–H groups in total. The Kier molecular flexibility index (Phi) is 6.95. The van der Waals surface area contributed by atoms with Crippen molar-refractivity contribution in [3.05, 3.63) is 38.1 Å². The van der Waals surface area contributed by atoms with E-state index in [4.69, 9.17) is 26.8 Å². The molecule has 150 valence electrons. The molecule has 1 unspecified atom stereocenters. The van der Waals surface area contributed by atoms with Crippen molar-refractivity contribution < 1.29 is 24.5 Å². The Morgan fingerprint density at radius 3 is 2.70 bits per heavy atom. The van der Waals surface area contributed by atoms with Gasteiger partial charge in [-0.05, 0) is 12.0 Å². The number of hydrogen-bond donors (Lipinski definition) is 4. The molecular formula is C16H22ClN3O7. The number of nitrogens with one attached hydrogen (secondary N) is 1. The number of aromatic nitrogens is 2. The molecule has 0 aliphatic carbocycles. The summed E-state index contributed by atoms with van der Waals surface area (Å²) in [5, 5.41) is 20.4. The highest BCUT2D eigenvalue weighted by atomic mass is 35.5. The van der Waals surface area contributed by atoms with Gasteiger partial charge in [-0.1, -0.05) is 25.4 Å². The fourth-order valence-corrected chi connectivity index (χ4v) is 2.64. The van der Waals surface area contributed by atoms with Crippen LogP contribution in [-0.2, 0) is 14.3 Å². The number of H-pyrrole nitrogens is 1. The minimum absolute atomic E-state index is 0.0488. The Morgan fingerprint density at radius 1 is 1.44 bits per heavy atom. The fraction of sp³-hybridized carbons (Fsp3) is 0.562. The van der Waals surface area contributed by atoms with Gasteiger partial charge in [0.25, 0.3) is 5.56 Å². The molecule has 0 bridgehead atoms. The van der Waals surface area contributed by atoms with Crippen LogP contribution in [0.4, 0.5) is 0 Å². The number of nitrogens with two attached hydrogens (primary N) is 1. The van der Waals surface area contributed by atoms with Crippen LogP contribution >= 0.6 is 11.6 Å². The lowest BCUT2D eigenvalue weighted by atomic mass is 10.1. The van der Waals surface area contributed by atoms with E-state index in [1.807, 2.05) is 0 Å². The van der Waals surface area contributed by atoms with Crippen LogP contribution in [0.1, 0.15) is 25.6 Å². The Morgan fingerprint density at radius 2 is 2.11 bits per heavy atom. The van der Waals surface area contributed by atoms with Crippen molar-refractivity contribution in [3.63, 3.8) is 0 Å². The molecular weight excluding hydrogens is 382 g/mol. The maximum Gasteiger partial charge on any atom is 0.330 e. The average Bonchev–Trinajstić information content (AvgIpc) is 2.89. The van der Waals surface area contributed by atoms with Crippen LogP contribution in [0.5, 0.6) is 0 Å². The van der Waals surface area contributed by atoms with Crippen molar-refractivity contribution in [2.24, 2.45) is 11.7 Å². The molecule has 11 heteroatoms. The second kappa shape index (κ2) is 8.81. The lowest BCUT2D eigenvalue weighted by Gasteiger charge is -2.18. The molecule has 1 aromatic heterocycles. The summed E-state index contributed by atoms with van der Waals surface area (Å²) >= 11 is 5.45. The first kappa shape index (κ1) is 21.3. The summed E-state index contributed by atoms with van der Waals surface area (Å²) in [5.41, 5.74) is 5.30. The number of aliphatic hydroxyl groups is 2. The van der Waals surface area contributed by atoms with Crippen molar-refractivity contribution in [2.75, 3.05) is 6.61 Å². The van der Waals surface area contributed by atoms with E-state index in [9.17, 15) is 24.6 Å². The summed E-state index contributed by atoms with van der Waals surface area (Å²) in [6, 6.07) is -0.837. The van der Waals surface area contributed by atoms with Crippen LogP contribution in [0.25, 0.3) is 6.08 Å². The number of carbonyl (C=O) groups excluding carboxylic acids is 1. The number of aromatic amines is 1. The zero-order valence-electron chi connectivity index (χ0n) is 14.7. The molecule has 1 aromatic rings. The van der Waals surface area contributed by atoms with Crippen molar-refractivity contribution in [2.45, 2.75) is 44.4 Å². The monoisotopic (exact) mass is 403 g/mol. The Labute approximate surface area is 159 Å². The first-order valence-corrected chi connectivity index (χ1v) is 8.67. The summed E-state index contributed by atoms with van der Waals surface area (Å²) in [7, 11) is 0. The standard InChI is InChI=1S/C16H22ClN3O7/c1-7(2)10(18)15(24)26-6-9-11(21)12(22)14(27-9)20-5-8(3-4-17)13(23)19-16(20)25/h3-5,7,9-12,14,21-22H,6,18H2,1-2H3,(H,19,23,25)/b4-3+/t9-,10?,11-,12+,14-/m1/s1. The van der Waals surface area contributed by atoms with Gasteiger partial charge < -0.3 is 25.4 Å². The predicted octanol–water partition coefficient (Wildman–Crippen LogP) is -1.11. The second-order valence-electron chi connectivity index (χ2n) is 6.49. The number of halogens is 1. The third-order valence-electron chi connectivity index (χ3n) is 4.23. The molecule has 0 radical (unpaired) electrons. The summed E-state index contributed by atoms with van der Waals surface area (Å²) in [6.07, 6.45) is -2.91. The molecule has 1 aliphatic heterocycles. The van der Waals surface area contributed by atoms with Gasteiger partial charge in [0, 0.05) is 11.7 Å². The lowest BCUT2D eigenvalue weighted by molar-refractivity contribution is -0.152. The quantitative estimate of drug-likeness (QED) is 0.435. The number of aliphatic hydroxyl groups excluding tert-OH is 2. The third-order valence-corrected chi connectivity index (χ3v) is 4.36. The molecule has 2 rings (SSSR count). The molecule has 0 spiro atoms. The van der Waals surface area contributed by atoms with Gasteiger partial charge >= 0.3 is 11.7 Å². The van der Waals surface area contributed by atoms with E-state index in [1.54, 1.807) is 13.8 Å². The van der Waals surface area contributed by atoms with Gasteiger partial charge in [0.05, 0.1) is 5.56 Å². The summed E-state index contributed by atoms with van der Waals surface area (Å²) < 4.78 is 11.4. The maximum absolute atomic E-state index is 12.0. The summed E-state index contributed by atoms with van der Waals surface area (Å²) in [5.74, 6) is -0.812. The van der Waals surface area contributed by atoms with Crippen molar-refractivity contribution in [3.8, 4) is 0 Å². The minimum Gasteiger partial charge on any atom is -0.462 e. The zero-order chi connectivity index (χ0) is 20.3. The second-order valence-corrected chi connectivity index (χ2v) is 6.74. The smallest absolute Gasteiger partial charge is 0.330 e. The normalized spacial score (nSPS) is 26.6. The SMILES string of the molecule is CC(C)C(N)C(=O)OC[C@H]1O[C@@H](n2cc(/C=C/Cl)c(=O)[nH]c2=O)[C@@H](O)[C@@H]1O. The van der Waals surface area contributed by atoms with Crippen LogP contribution in [0.3, 0.4) is 0 Å². The number of nitrogens with zero attached hydrogens (tertiary/aromatic N) is 1. The topological polar surface area (TPSA) is 157 Å². The highest BCUT2D eigenvalue weighted by Crippen LogP contribution is 2.28. The third kappa shape index (κ3) is 4.66. The van der Waals surface area contributed by atoms with E-state index in [0.29, 0.717) is 0 Å². The van der Waals surface area contributed by atoms with Gasteiger partial charge in [-0.2, -0.15) is 0 Å². The Bertz CT molecular complexity index is 819. The van der Waals surface area contributed by atoms with E-state index in [-0.39, 0.29) is 18.1 Å². The van der Waals surface area contributed by atoms with Gasteiger partial charge in [0.2, 0.25) is 0 Å². The fourth-order valence-electron chi connectivity index (χ4n) is 2.51. The molecule has 1 aliphatic rings. The van der Waals surface area contributed by atoms with Crippen molar-refractivity contribution in [1.29, 1.82) is 0 Å². The summed E-state index contributed by atoms with van der Waals surface area (Å²) in [6.45, 7) is 3.14. The van der Waals surface area contributed by atoms with E-state index in [0.717, 1.165) is 16.3 Å². The molecule has 2 heterocycles. The molecule has 10 nitrogen and oxygen atoms in total. The van der Waals surface area contributed by atoms with E-state index >= 15 is 0 Å². The van der Waals surface area contributed by atoms with Gasteiger partial charge in [0.1, 0.15) is 31.0 Å². The zero-order valence-corrected chi connectivity index (χ0v) is 15.5. The molecule has 0 amide bonds. The Hall–Kier alpha value is -1.98. The number of rotatable bonds is 6. The van der Waals surface area contributed by atoms with Crippen LogP contribution in [0, 0.1) is 5.92 Å². The Balaban J connectivity index is 2.17. The first-order chi connectivity index (χ1) is 12.7. The molecule has 1 fully saturated rings. The number of carbonyl (C=O) groups is 1. The van der Waals surface area contributed by atoms with Gasteiger partial charge in [-0.3, -0.25) is 19.1 Å². The molecule has 0 saturated carbocycles. The van der Waals surface area contributed by atoms with Gasteiger partial charge in [-0.25, -0.2) is 4.79 Å². The van der Waals surface area contributed by atoms with Crippen LogP contribution in [0.15, 0.2) is 21.3 Å².